The molecule has 1 atom stereocenters. The number of pyridine rings is 1. The molecular weight excluding hydrogens is 424 g/mol. The van der Waals surface area contributed by atoms with Crippen LogP contribution in [0.1, 0.15) is 23.6 Å². The first kappa shape index (κ1) is 22.8. The molecule has 2 N–H and O–H groups in total. The Hall–Kier alpha value is -2.39. The molecule has 2 aromatic heterocycles. The molecule has 0 spiro atoms. The zero-order valence-electron chi connectivity index (χ0n) is 18.2. The van der Waals surface area contributed by atoms with Crippen molar-refractivity contribution in [3.8, 4) is 10.4 Å². The minimum absolute atomic E-state index is 0.00968. The van der Waals surface area contributed by atoms with E-state index in [0.29, 0.717) is 25.0 Å². The molecule has 4 rings (SSSR count). The molecule has 0 bridgehead atoms. The number of aliphatic imine (C=N–C) groups is 1. The minimum Gasteiger partial charge on any atom is -0.511 e. The predicted octanol–water partition coefficient (Wildman–Crippen LogP) is 2.75. The first-order valence-electron chi connectivity index (χ1n) is 11.1. The maximum absolute atomic E-state index is 12.7. The van der Waals surface area contributed by atoms with E-state index in [2.05, 4.69) is 31.9 Å². The van der Waals surface area contributed by atoms with Gasteiger partial charge in [0.05, 0.1) is 18.7 Å². The first-order valence-corrected chi connectivity index (χ1v) is 12.0. The van der Waals surface area contributed by atoms with Crippen molar-refractivity contribution in [2.75, 3.05) is 52.4 Å². The summed E-state index contributed by atoms with van der Waals surface area (Å²) in [6.07, 6.45) is 5.98. The topological polar surface area (TPSA) is 89.3 Å². The molecule has 1 aliphatic heterocycles. The van der Waals surface area contributed by atoms with Gasteiger partial charge in [0.2, 0.25) is 0 Å². The number of Topliss-reactive ketones (excluding diaryl/α,β-unsaturated/α-hetero) is 1. The molecule has 1 saturated heterocycles. The molecule has 1 fully saturated rings. The van der Waals surface area contributed by atoms with Gasteiger partial charge in [0.25, 0.3) is 0 Å². The highest BCUT2D eigenvalue weighted by atomic mass is 32.1. The zero-order valence-corrected chi connectivity index (χ0v) is 19.0. The van der Waals surface area contributed by atoms with Crippen LogP contribution in [0.25, 0.3) is 10.4 Å². The van der Waals surface area contributed by atoms with Gasteiger partial charge in [-0.05, 0) is 29.8 Å². The van der Waals surface area contributed by atoms with Gasteiger partial charge in [0.1, 0.15) is 5.76 Å². The van der Waals surface area contributed by atoms with E-state index in [-0.39, 0.29) is 24.1 Å². The predicted molar refractivity (Wildman–Crippen MR) is 128 cm³/mol. The standard InChI is InChI=1S/C24H30N4O3S/c29-14-13-28-11-9-27(10-12-28)8-7-26-17-20-21(30)15-19(16-22(20)31)24-2-1-23(32-24)18-3-5-25-6-4-18/h1-6,17,19,29-30H,7-16H2. The number of carbonyl (C=O) groups is 1. The van der Waals surface area contributed by atoms with Crippen molar-refractivity contribution < 1.29 is 15.0 Å². The summed E-state index contributed by atoms with van der Waals surface area (Å²) in [5.74, 6) is 0.112. The van der Waals surface area contributed by atoms with E-state index in [1.54, 1.807) is 29.9 Å². The number of aliphatic hydroxyl groups is 2. The minimum atomic E-state index is -0.0426. The maximum atomic E-state index is 12.7. The Labute approximate surface area is 192 Å². The van der Waals surface area contributed by atoms with Gasteiger partial charge in [-0.1, -0.05) is 0 Å². The van der Waals surface area contributed by atoms with Crippen LogP contribution in [0.15, 0.2) is 53.0 Å². The van der Waals surface area contributed by atoms with Crippen LogP contribution in [0.5, 0.6) is 0 Å². The van der Waals surface area contributed by atoms with Gasteiger partial charge in [0, 0.05) is 86.4 Å². The van der Waals surface area contributed by atoms with E-state index in [1.807, 2.05) is 12.1 Å². The van der Waals surface area contributed by atoms with Gasteiger partial charge in [-0.25, -0.2) is 0 Å². The molecule has 0 radical (unpaired) electrons. The Morgan fingerprint density at radius 3 is 2.47 bits per heavy atom. The highest BCUT2D eigenvalue weighted by molar-refractivity contribution is 7.15. The molecular formula is C24H30N4O3S. The average molecular weight is 455 g/mol. The Kier molecular flexibility index (Phi) is 7.81. The van der Waals surface area contributed by atoms with Crippen LogP contribution >= 0.6 is 11.3 Å². The lowest BCUT2D eigenvalue weighted by atomic mass is 9.86. The van der Waals surface area contributed by atoms with E-state index in [9.17, 15) is 9.90 Å². The summed E-state index contributed by atoms with van der Waals surface area (Å²) in [5, 5.41) is 19.6. The van der Waals surface area contributed by atoms with Gasteiger partial charge < -0.3 is 10.2 Å². The largest absolute Gasteiger partial charge is 0.511 e. The average Bonchev–Trinajstić information content (AvgIpc) is 3.30. The number of aromatic nitrogens is 1. The number of carbonyl (C=O) groups excluding carboxylic acids is 1. The van der Waals surface area contributed by atoms with Crippen molar-refractivity contribution in [3.63, 3.8) is 0 Å². The number of β-amino-alcohol motifs (C(OH)–C–C–N with tert-alkyl or cyclic N) is 1. The van der Waals surface area contributed by atoms with Crippen molar-refractivity contribution >= 4 is 23.3 Å². The van der Waals surface area contributed by atoms with Crippen LogP contribution in [-0.2, 0) is 4.79 Å². The second-order valence-corrected chi connectivity index (χ2v) is 9.38. The number of hydrogen-bond acceptors (Lipinski definition) is 8. The van der Waals surface area contributed by atoms with Crippen LogP contribution < -0.4 is 0 Å². The molecule has 7 nitrogen and oxygen atoms in total. The molecule has 1 unspecified atom stereocenters. The first-order chi connectivity index (χ1) is 15.6. The third-order valence-electron chi connectivity index (χ3n) is 6.12. The molecule has 170 valence electrons. The molecule has 0 amide bonds. The number of nitrogens with zero attached hydrogens (tertiary/aromatic N) is 4. The summed E-state index contributed by atoms with van der Waals surface area (Å²) in [6.45, 7) is 6.23. The quantitative estimate of drug-likeness (QED) is 0.597. The van der Waals surface area contributed by atoms with Crippen LogP contribution in [0, 0.1) is 0 Å². The number of aliphatic hydroxyl groups excluding tert-OH is 2. The molecule has 0 saturated carbocycles. The van der Waals surface area contributed by atoms with Crippen molar-refractivity contribution in [2.45, 2.75) is 18.8 Å². The summed E-state index contributed by atoms with van der Waals surface area (Å²) in [7, 11) is 0. The van der Waals surface area contributed by atoms with E-state index in [1.165, 1.54) is 0 Å². The number of allylic oxidation sites excluding steroid dienone is 2. The summed E-state index contributed by atoms with van der Waals surface area (Å²) < 4.78 is 0. The fourth-order valence-corrected chi connectivity index (χ4v) is 5.35. The van der Waals surface area contributed by atoms with E-state index in [4.69, 9.17) is 5.11 Å². The fraction of sp³-hybridized carbons (Fsp3) is 0.458. The number of hydrogen-bond donors (Lipinski definition) is 2. The molecule has 1 aliphatic carbocycles. The Morgan fingerprint density at radius 2 is 1.78 bits per heavy atom. The third-order valence-corrected chi connectivity index (χ3v) is 7.42. The normalized spacial score (nSPS) is 21.0. The van der Waals surface area contributed by atoms with Gasteiger partial charge >= 0.3 is 0 Å². The summed E-state index contributed by atoms with van der Waals surface area (Å²) in [5.41, 5.74) is 1.47. The highest BCUT2D eigenvalue weighted by Gasteiger charge is 2.28. The fourth-order valence-electron chi connectivity index (χ4n) is 4.23. The lowest BCUT2D eigenvalue weighted by Gasteiger charge is -2.33. The van der Waals surface area contributed by atoms with Crippen molar-refractivity contribution in [2.24, 2.45) is 4.99 Å². The Balaban J connectivity index is 1.30. The number of piperazine rings is 1. The number of thiophene rings is 1. The molecule has 8 heteroatoms. The van der Waals surface area contributed by atoms with Gasteiger partial charge in [-0.3, -0.25) is 24.6 Å². The van der Waals surface area contributed by atoms with Crippen LogP contribution in [0.4, 0.5) is 0 Å². The Bertz CT molecular complexity index is 965. The monoisotopic (exact) mass is 454 g/mol. The summed E-state index contributed by atoms with van der Waals surface area (Å²) in [6, 6.07) is 8.08. The molecule has 3 heterocycles. The van der Waals surface area contributed by atoms with Crippen LogP contribution in [0.2, 0.25) is 0 Å². The second kappa shape index (κ2) is 11.0. The van der Waals surface area contributed by atoms with E-state index < -0.39 is 0 Å². The maximum Gasteiger partial charge on any atom is 0.168 e. The van der Waals surface area contributed by atoms with Crippen LogP contribution in [0.3, 0.4) is 0 Å². The van der Waals surface area contributed by atoms with Gasteiger partial charge in [-0.15, -0.1) is 11.3 Å². The third kappa shape index (κ3) is 5.69. The van der Waals surface area contributed by atoms with Crippen molar-refractivity contribution in [1.29, 1.82) is 0 Å². The summed E-state index contributed by atoms with van der Waals surface area (Å²) >= 11 is 1.67. The molecule has 32 heavy (non-hydrogen) atoms. The smallest absolute Gasteiger partial charge is 0.168 e. The van der Waals surface area contributed by atoms with Gasteiger partial charge in [-0.2, -0.15) is 0 Å². The van der Waals surface area contributed by atoms with Crippen LogP contribution in [-0.4, -0.2) is 89.4 Å². The molecule has 2 aromatic rings. The SMILES string of the molecule is O=C1CC(c2ccc(-c3ccncc3)s2)CC(O)=C1C=NCCN1CCN(CCO)CC1. The molecule has 0 aromatic carbocycles. The van der Waals surface area contributed by atoms with Gasteiger partial charge in [0.15, 0.2) is 5.78 Å². The van der Waals surface area contributed by atoms with E-state index in [0.717, 1.165) is 54.6 Å². The number of rotatable bonds is 8. The highest BCUT2D eigenvalue weighted by Crippen LogP contribution is 2.39. The van der Waals surface area contributed by atoms with E-state index >= 15 is 0 Å². The lowest BCUT2D eigenvalue weighted by molar-refractivity contribution is -0.116. The van der Waals surface area contributed by atoms with Crippen molar-refractivity contribution in [3.05, 3.63) is 52.9 Å². The second-order valence-electron chi connectivity index (χ2n) is 8.27. The zero-order chi connectivity index (χ0) is 22.3. The molecule has 2 aliphatic rings. The number of ketones is 1. The van der Waals surface area contributed by atoms with Crippen molar-refractivity contribution in [1.82, 2.24) is 14.8 Å². The Morgan fingerprint density at radius 1 is 1.06 bits per heavy atom. The lowest BCUT2D eigenvalue weighted by Crippen LogP contribution is -2.47. The summed E-state index contributed by atoms with van der Waals surface area (Å²) in [4.78, 5) is 28.1.